The van der Waals surface area contributed by atoms with Gasteiger partial charge in [-0.3, -0.25) is 9.52 Å². The van der Waals surface area contributed by atoms with Crippen molar-refractivity contribution < 1.29 is 26.4 Å². The lowest BCUT2D eigenvalue weighted by molar-refractivity contribution is -0.123. The van der Waals surface area contributed by atoms with Crippen molar-refractivity contribution in [3.8, 4) is 11.3 Å². The van der Waals surface area contributed by atoms with Crippen molar-refractivity contribution >= 4 is 32.4 Å². The van der Waals surface area contributed by atoms with E-state index in [1.54, 1.807) is 10.7 Å². The van der Waals surface area contributed by atoms with Crippen LogP contribution in [0.5, 0.6) is 0 Å². The fourth-order valence-corrected chi connectivity index (χ4v) is 4.51. The first-order valence-corrected chi connectivity index (χ1v) is 10.9. The van der Waals surface area contributed by atoms with Crippen LogP contribution in [0.4, 0.5) is 18.3 Å². The average molecular weight is 455 g/mol. The summed E-state index contributed by atoms with van der Waals surface area (Å²) in [6.45, 7) is 0.450. The third-order valence-electron chi connectivity index (χ3n) is 4.02. The van der Waals surface area contributed by atoms with E-state index in [-0.39, 0.29) is 15.6 Å². The molecular weight excluding hydrogens is 439 g/mol. The summed E-state index contributed by atoms with van der Waals surface area (Å²) in [5, 5.41) is 3.62. The van der Waals surface area contributed by atoms with Gasteiger partial charge in [-0.15, -0.1) is 11.3 Å². The van der Waals surface area contributed by atoms with Gasteiger partial charge >= 0.3 is 6.18 Å². The fourth-order valence-electron chi connectivity index (χ4n) is 2.55. The Hall–Kier alpha value is -2.92. The largest absolute Gasteiger partial charge is 0.405 e. The Balaban J connectivity index is 1.72. The van der Waals surface area contributed by atoms with E-state index in [1.165, 1.54) is 0 Å². The van der Waals surface area contributed by atoms with E-state index in [0.717, 1.165) is 46.7 Å². The van der Waals surface area contributed by atoms with Gasteiger partial charge in [-0.25, -0.2) is 13.4 Å². The second-order valence-corrected chi connectivity index (χ2v) is 8.82. The number of thiazole rings is 1. The van der Waals surface area contributed by atoms with Gasteiger partial charge in [0.05, 0.1) is 10.6 Å². The summed E-state index contributed by atoms with van der Waals surface area (Å²) in [5.41, 5.74) is 2.42. The number of hydrogen-bond acceptors (Lipinski definition) is 5. The molecule has 0 aliphatic carbocycles. The van der Waals surface area contributed by atoms with Crippen LogP contribution >= 0.6 is 11.3 Å². The number of amides is 1. The van der Waals surface area contributed by atoms with E-state index in [0.29, 0.717) is 5.69 Å². The maximum atomic E-state index is 12.6. The van der Waals surface area contributed by atoms with Gasteiger partial charge in [0.25, 0.3) is 15.9 Å². The minimum Gasteiger partial charge on any atom is -0.343 e. The number of alkyl halides is 3. The van der Waals surface area contributed by atoms with Crippen molar-refractivity contribution in [1.29, 1.82) is 0 Å². The highest BCUT2D eigenvalue weighted by Crippen LogP contribution is 2.28. The third kappa shape index (κ3) is 5.36. The molecule has 0 unspecified atom stereocenters. The summed E-state index contributed by atoms with van der Waals surface area (Å²) in [6.07, 6.45) is -4.53. The molecule has 3 rings (SSSR count). The molecule has 0 bridgehead atoms. The van der Waals surface area contributed by atoms with Crippen LogP contribution in [0.3, 0.4) is 0 Å². The van der Waals surface area contributed by atoms with Gasteiger partial charge in [0.15, 0.2) is 5.13 Å². The minimum atomic E-state index is -4.53. The van der Waals surface area contributed by atoms with E-state index in [1.807, 2.05) is 31.2 Å². The Kier molecular flexibility index (Phi) is 6.13. The first-order chi connectivity index (χ1) is 14.0. The number of rotatable bonds is 6. The number of benzene rings is 2. The average Bonchev–Trinajstić information content (AvgIpc) is 3.13. The van der Waals surface area contributed by atoms with Gasteiger partial charge in [-0.05, 0) is 36.8 Å². The van der Waals surface area contributed by atoms with E-state index in [2.05, 4.69) is 9.71 Å². The molecule has 2 aromatic carbocycles. The summed E-state index contributed by atoms with van der Waals surface area (Å²) >= 11 is 1.12. The number of carbonyl (C=O) groups is 1. The Morgan fingerprint density at radius 1 is 1.10 bits per heavy atom. The lowest BCUT2D eigenvalue weighted by Gasteiger charge is -2.09. The van der Waals surface area contributed by atoms with Gasteiger partial charge in [0, 0.05) is 16.5 Å². The monoisotopic (exact) mass is 455 g/mol. The van der Waals surface area contributed by atoms with Crippen LogP contribution < -0.4 is 10.0 Å². The van der Waals surface area contributed by atoms with Crippen molar-refractivity contribution in [3.05, 3.63) is 65.0 Å². The molecule has 0 spiro atoms. The molecule has 6 nitrogen and oxygen atoms in total. The SMILES string of the molecule is Cc1ccccc1-c1csc(NS(=O)(=O)c2ccc(C(=O)NCC(F)(F)F)cc2)n1. The predicted octanol–water partition coefficient (Wildman–Crippen LogP) is 4.21. The molecule has 3 aromatic rings. The van der Waals surface area contributed by atoms with E-state index in [9.17, 15) is 26.4 Å². The summed E-state index contributed by atoms with van der Waals surface area (Å²) < 4.78 is 64.0. The molecule has 0 fully saturated rings. The van der Waals surface area contributed by atoms with Crippen LogP contribution in [0, 0.1) is 6.92 Å². The second kappa shape index (κ2) is 8.44. The Labute approximate surface area is 174 Å². The second-order valence-electron chi connectivity index (χ2n) is 6.28. The predicted molar refractivity (Wildman–Crippen MR) is 108 cm³/mol. The maximum absolute atomic E-state index is 12.6. The van der Waals surface area contributed by atoms with E-state index in [4.69, 9.17) is 0 Å². The number of nitrogens with zero attached hydrogens (tertiary/aromatic N) is 1. The lowest BCUT2D eigenvalue weighted by atomic mass is 10.1. The minimum absolute atomic E-state index is 0.0886. The Morgan fingerprint density at radius 3 is 2.40 bits per heavy atom. The molecule has 0 atom stereocenters. The first kappa shape index (κ1) is 21.8. The Morgan fingerprint density at radius 2 is 1.77 bits per heavy atom. The molecule has 0 saturated carbocycles. The molecule has 11 heteroatoms. The highest BCUT2D eigenvalue weighted by Gasteiger charge is 2.28. The summed E-state index contributed by atoms with van der Waals surface area (Å²) in [7, 11) is -3.98. The topological polar surface area (TPSA) is 88.2 Å². The normalized spacial score (nSPS) is 11.9. The number of carbonyl (C=O) groups excluding carboxylic acids is 1. The molecule has 0 saturated heterocycles. The molecule has 1 amide bonds. The number of aryl methyl sites for hydroxylation is 1. The number of nitrogens with one attached hydrogen (secondary N) is 2. The standard InChI is InChI=1S/C19H16F3N3O3S2/c1-12-4-2-3-5-15(12)16-10-29-18(24-16)25-30(27,28)14-8-6-13(7-9-14)17(26)23-11-19(20,21)22/h2-10H,11H2,1H3,(H,23,26)(H,24,25). The summed E-state index contributed by atoms with van der Waals surface area (Å²) in [6, 6.07) is 12.1. The van der Waals surface area contributed by atoms with E-state index >= 15 is 0 Å². The number of anilines is 1. The van der Waals surface area contributed by atoms with Gasteiger partial charge in [-0.2, -0.15) is 13.2 Å². The van der Waals surface area contributed by atoms with Crippen LogP contribution in [0.15, 0.2) is 58.8 Å². The van der Waals surface area contributed by atoms with Crippen LogP contribution in [0.1, 0.15) is 15.9 Å². The molecule has 158 valence electrons. The van der Waals surface area contributed by atoms with Gasteiger partial charge in [0.1, 0.15) is 6.54 Å². The number of halogens is 3. The zero-order chi connectivity index (χ0) is 21.9. The van der Waals surface area contributed by atoms with Crippen LogP contribution in [-0.4, -0.2) is 32.0 Å². The number of hydrogen-bond donors (Lipinski definition) is 2. The molecule has 1 heterocycles. The molecule has 0 aliphatic heterocycles. The van der Waals surface area contributed by atoms with Gasteiger partial charge in [0.2, 0.25) is 0 Å². The third-order valence-corrected chi connectivity index (χ3v) is 6.26. The van der Waals surface area contributed by atoms with Gasteiger partial charge in [-0.1, -0.05) is 24.3 Å². The zero-order valence-electron chi connectivity index (χ0n) is 15.5. The molecule has 0 aliphatic rings. The lowest BCUT2D eigenvalue weighted by Crippen LogP contribution is -2.33. The Bertz CT molecular complexity index is 1160. The molecule has 2 N–H and O–H groups in total. The van der Waals surface area contributed by atoms with Crippen molar-refractivity contribution in [2.45, 2.75) is 18.0 Å². The maximum Gasteiger partial charge on any atom is 0.405 e. The van der Waals surface area contributed by atoms with Crippen molar-refractivity contribution in [2.24, 2.45) is 0 Å². The molecule has 0 radical (unpaired) electrons. The molecule has 30 heavy (non-hydrogen) atoms. The van der Waals surface area contributed by atoms with Crippen LogP contribution in [-0.2, 0) is 10.0 Å². The molecule has 1 aromatic heterocycles. The summed E-state index contributed by atoms with van der Waals surface area (Å²) in [5.74, 6) is -0.952. The highest BCUT2D eigenvalue weighted by atomic mass is 32.2. The first-order valence-electron chi connectivity index (χ1n) is 8.54. The number of aromatic nitrogens is 1. The quantitative estimate of drug-likeness (QED) is 0.583. The fraction of sp³-hybridized carbons (Fsp3) is 0.158. The van der Waals surface area contributed by atoms with Crippen molar-refractivity contribution in [3.63, 3.8) is 0 Å². The van der Waals surface area contributed by atoms with Crippen LogP contribution in [0.25, 0.3) is 11.3 Å². The smallest absolute Gasteiger partial charge is 0.343 e. The number of sulfonamides is 1. The highest BCUT2D eigenvalue weighted by molar-refractivity contribution is 7.93. The van der Waals surface area contributed by atoms with Crippen LogP contribution in [0.2, 0.25) is 0 Å². The zero-order valence-corrected chi connectivity index (χ0v) is 17.2. The molecular formula is C19H16F3N3O3S2. The van der Waals surface area contributed by atoms with E-state index < -0.39 is 28.7 Å². The van der Waals surface area contributed by atoms with Crippen molar-refractivity contribution in [2.75, 3.05) is 11.3 Å². The summed E-state index contributed by atoms with van der Waals surface area (Å²) in [4.78, 5) is 15.9. The van der Waals surface area contributed by atoms with Gasteiger partial charge < -0.3 is 5.32 Å². The van der Waals surface area contributed by atoms with Crippen molar-refractivity contribution in [1.82, 2.24) is 10.3 Å².